The van der Waals surface area contributed by atoms with Crippen LogP contribution < -0.4 is 5.32 Å². The molecule has 1 aliphatic rings. The molecule has 1 fully saturated rings. The van der Waals surface area contributed by atoms with Crippen LogP contribution in [0.5, 0.6) is 0 Å². The molecule has 0 unspecified atom stereocenters. The van der Waals surface area contributed by atoms with E-state index in [1.54, 1.807) is 6.07 Å². The van der Waals surface area contributed by atoms with E-state index in [1.165, 1.54) is 37.7 Å². The number of nitrogens with one attached hydrogen (secondary N) is 1. The first kappa shape index (κ1) is 12.2. The van der Waals surface area contributed by atoms with Crippen LogP contribution in [0.1, 0.15) is 37.7 Å². The molecule has 1 saturated carbocycles. The molecule has 1 nitrogen and oxygen atoms in total. The van der Waals surface area contributed by atoms with Gasteiger partial charge in [0.15, 0.2) is 0 Å². The third kappa shape index (κ3) is 2.37. The predicted octanol–water partition coefficient (Wildman–Crippen LogP) is 4.37. The smallest absolute Gasteiger partial charge is 0.0433 e. The number of hydrogen-bond donors (Lipinski definition) is 1. The van der Waals surface area contributed by atoms with Crippen LogP contribution in [0.3, 0.4) is 0 Å². The van der Waals surface area contributed by atoms with E-state index in [0.717, 1.165) is 10.0 Å². The van der Waals surface area contributed by atoms with Gasteiger partial charge in [-0.2, -0.15) is 0 Å². The highest BCUT2D eigenvalue weighted by Crippen LogP contribution is 2.38. The van der Waals surface area contributed by atoms with Crippen LogP contribution in [-0.4, -0.2) is 7.05 Å². The van der Waals surface area contributed by atoms with Crippen LogP contribution in [0.25, 0.3) is 0 Å². The number of rotatable bonds is 2. The Morgan fingerprint density at radius 2 is 1.56 bits per heavy atom. The zero-order valence-corrected chi connectivity index (χ0v) is 11.0. The minimum absolute atomic E-state index is 0.0762. The van der Waals surface area contributed by atoms with Gasteiger partial charge in [-0.25, -0.2) is 0 Å². The molecule has 3 heteroatoms. The highest BCUT2D eigenvalue weighted by atomic mass is 35.5. The summed E-state index contributed by atoms with van der Waals surface area (Å²) in [5.74, 6) is 0. The van der Waals surface area contributed by atoms with Gasteiger partial charge < -0.3 is 5.32 Å². The Morgan fingerprint density at radius 1 is 1.00 bits per heavy atom. The number of halogens is 2. The second-order valence-corrected chi connectivity index (χ2v) is 5.42. The average molecular weight is 258 g/mol. The molecule has 0 radical (unpaired) electrons. The first-order valence-electron chi connectivity index (χ1n) is 5.82. The first-order chi connectivity index (χ1) is 7.66. The quantitative estimate of drug-likeness (QED) is 0.830. The maximum Gasteiger partial charge on any atom is 0.0433 e. The van der Waals surface area contributed by atoms with Crippen molar-refractivity contribution in [1.82, 2.24) is 5.32 Å². The van der Waals surface area contributed by atoms with E-state index in [1.807, 2.05) is 19.2 Å². The van der Waals surface area contributed by atoms with Gasteiger partial charge in [0.25, 0.3) is 0 Å². The summed E-state index contributed by atoms with van der Waals surface area (Å²) >= 11 is 12.2. The minimum Gasteiger partial charge on any atom is -0.310 e. The van der Waals surface area contributed by atoms with Crippen molar-refractivity contribution in [1.29, 1.82) is 0 Å². The third-order valence-electron chi connectivity index (χ3n) is 3.60. The molecule has 0 aliphatic heterocycles. The van der Waals surface area contributed by atoms with Crippen molar-refractivity contribution in [3.8, 4) is 0 Å². The molecule has 0 bridgehead atoms. The molecular formula is C13H17Cl2N. The van der Waals surface area contributed by atoms with Gasteiger partial charge in [0, 0.05) is 15.6 Å². The van der Waals surface area contributed by atoms with Gasteiger partial charge >= 0.3 is 0 Å². The molecule has 2 rings (SSSR count). The van der Waals surface area contributed by atoms with Crippen molar-refractivity contribution < 1.29 is 0 Å². The van der Waals surface area contributed by atoms with Crippen LogP contribution >= 0.6 is 23.2 Å². The van der Waals surface area contributed by atoms with E-state index in [9.17, 15) is 0 Å². The van der Waals surface area contributed by atoms with Crippen molar-refractivity contribution in [3.63, 3.8) is 0 Å². The molecule has 1 N–H and O–H groups in total. The molecule has 16 heavy (non-hydrogen) atoms. The minimum atomic E-state index is 0.0762. The SMILES string of the molecule is CNC1(c2cc(Cl)cc(Cl)c2)CCCCC1. The Hall–Kier alpha value is -0.240. The molecule has 0 heterocycles. The van der Waals surface area contributed by atoms with Gasteiger partial charge in [0.1, 0.15) is 0 Å². The van der Waals surface area contributed by atoms with Crippen molar-refractivity contribution in [2.24, 2.45) is 0 Å². The summed E-state index contributed by atoms with van der Waals surface area (Å²) in [5.41, 5.74) is 1.31. The van der Waals surface area contributed by atoms with Crippen molar-refractivity contribution >= 4 is 23.2 Å². The maximum absolute atomic E-state index is 6.08. The Bertz CT molecular complexity index is 350. The summed E-state index contributed by atoms with van der Waals surface area (Å²) in [7, 11) is 2.03. The lowest BCUT2D eigenvalue weighted by molar-refractivity contribution is 0.250. The Morgan fingerprint density at radius 3 is 2.06 bits per heavy atom. The highest BCUT2D eigenvalue weighted by Gasteiger charge is 2.32. The zero-order valence-electron chi connectivity index (χ0n) is 9.52. The highest BCUT2D eigenvalue weighted by molar-refractivity contribution is 6.34. The summed E-state index contributed by atoms with van der Waals surface area (Å²) < 4.78 is 0. The average Bonchev–Trinajstić information content (AvgIpc) is 2.28. The fourth-order valence-corrected chi connectivity index (χ4v) is 3.19. The van der Waals surface area contributed by atoms with E-state index in [2.05, 4.69) is 5.32 Å². The van der Waals surface area contributed by atoms with Gasteiger partial charge in [-0.3, -0.25) is 0 Å². The van der Waals surface area contributed by atoms with Crippen LogP contribution in [-0.2, 0) is 5.54 Å². The summed E-state index contributed by atoms with van der Waals surface area (Å²) in [4.78, 5) is 0. The fourth-order valence-electron chi connectivity index (χ4n) is 2.67. The summed E-state index contributed by atoms with van der Waals surface area (Å²) in [6, 6.07) is 5.86. The monoisotopic (exact) mass is 257 g/mol. The fraction of sp³-hybridized carbons (Fsp3) is 0.538. The molecule has 0 saturated heterocycles. The zero-order chi connectivity index (χ0) is 11.6. The van der Waals surface area contributed by atoms with Crippen LogP contribution in [0.4, 0.5) is 0 Å². The normalized spacial score (nSPS) is 19.7. The number of hydrogen-bond acceptors (Lipinski definition) is 1. The first-order valence-corrected chi connectivity index (χ1v) is 6.57. The maximum atomic E-state index is 6.08. The Balaban J connectivity index is 2.38. The number of benzene rings is 1. The molecule has 1 aliphatic carbocycles. The standard InChI is InChI=1S/C13H17Cl2N/c1-16-13(5-3-2-4-6-13)10-7-11(14)9-12(15)8-10/h7-9,16H,2-6H2,1H3. The summed E-state index contributed by atoms with van der Waals surface area (Å²) in [6.07, 6.45) is 6.20. The van der Waals surface area contributed by atoms with Gasteiger partial charge in [-0.1, -0.05) is 42.5 Å². The predicted molar refractivity (Wildman–Crippen MR) is 70.3 cm³/mol. The van der Waals surface area contributed by atoms with Crippen molar-refractivity contribution in [2.75, 3.05) is 7.05 Å². The molecular weight excluding hydrogens is 241 g/mol. The van der Waals surface area contributed by atoms with E-state index >= 15 is 0 Å². The topological polar surface area (TPSA) is 12.0 Å². The van der Waals surface area contributed by atoms with Crippen LogP contribution in [0, 0.1) is 0 Å². The van der Waals surface area contributed by atoms with E-state index < -0.39 is 0 Å². The summed E-state index contributed by atoms with van der Waals surface area (Å²) in [6.45, 7) is 0. The molecule has 1 aromatic carbocycles. The van der Waals surface area contributed by atoms with Crippen LogP contribution in [0.2, 0.25) is 10.0 Å². The van der Waals surface area contributed by atoms with Crippen LogP contribution in [0.15, 0.2) is 18.2 Å². The lowest BCUT2D eigenvalue weighted by atomic mass is 9.77. The molecule has 0 amide bonds. The summed E-state index contributed by atoms with van der Waals surface area (Å²) in [5, 5.41) is 4.92. The Labute approximate surface area is 107 Å². The molecule has 0 atom stereocenters. The third-order valence-corrected chi connectivity index (χ3v) is 4.04. The van der Waals surface area contributed by atoms with Crippen molar-refractivity contribution in [2.45, 2.75) is 37.6 Å². The van der Waals surface area contributed by atoms with Gasteiger partial charge in [-0.15, -0.1) is 0 Å². The lowest BCUT2D eigenvalue weighted by Crippen LogP contribution is -2.41. The van der Waals surface area contributed by atoms with E-state index in [-0.39, 0.29) is 5.54 Å². The second kappa shape index (κ2) is 4.95. The van der Waals surface area contributed by atoms with Crippen molar-refractivity contribution in [3.05, 3.63) is 33.8 Å². The Kier molecular flexibility index (Phi) is 3.78. The van der Waals surface area contributed by atoms with Gasteiger partial charge in [-0.05, 0) is 43.7 Å². The molecule has 1 aromatic rings. The van der Waals surface area contributed by atoms with E-state index in [0.29, 0.717) is 0 Å². The second-order valence-electron chi connectivity index (χ2n) is 4.55. The van der Waals surface area contributed by atoms with Gasteiger partial charge in [0.2, 0.25) is 0 Å². The molecule has 0 spiro atoms. The molecule has 88 valence electrons. The lowest BCUT2D eigenvalue weighted by Gasteiger charge is -2.38. The molecule has 0 aromatic heterocycles. The van der Waals surface area contributed by atoms with Gasteiger partial charge in [0.05, 0.1) is 0 Å². The van der Waals surface area contributed by atoms with E-state index in [4.69, 9.17) is 23.2 Å². The largest absolute Gasteiger partial charge is 0.310 e.